The van der Waals surface area contributed by atoms with Gasteiger partial charge < -0.3 is 11.1 Å². The Balaban J connectivity index is 2.07. The molecular formula is C14H18N2S. The first-order chi connectivity index (χ1) is 8.06. The minimum Gasteiger partial charge on any atom is -0.399 e. The molecular weight excluding hydrogens is 228 g/mol. The summed E-state index contributed by atoms with van der Waals surface area (Å²) < 4.78 is 0. The number of nitrogens with one attached hydrogen (secondary N) is 1. The predicted molar refractivity (Wildman–Crippen MR) is 76.7 cm³/mol. The van der Waals surface area contributed by atoms with Crippen molar-refractivity contribution in [1.82, 2.24) is 0 Å². The summed E-state index contributed by atoms with van der Waals surface area (Å²) in [6.45, 7) is 7.27. The molecule has 90 valence electrons. The van der Waals surface area contributed by atoms with Crippen LogP contribution in [0.5, 0.6) is 0 Å². The topological polar surface area (TPSA) is 38.0 Å². The van der Waals surface area contributed by atoms with E-state index in [0.29, 0.717) is 0 Å². The molecule has 0 radical (unpaired) electrons. The van der Waals surface area contributed by atoms with Gasteiger partial charge in [-0.2, -0.15) is 0 Å². The largest absolute Gasteiger partial charge is 0.399 e. The Labute approximate surface area is 106 Å². The third-order valence-corrected chi connectivity index (χ3v) is 4.07. The van der Waals surface area contributed by atoms with Crippen LogP contribution in [-0.4, -0.2) is 0 Å². The standard InChI is InChI=1S/C14H18N2S/c1-9-7-13(17-11(9)3)8-16-14-5-4-12(15)6-10(14)2/h4-7,16H,8,15H2,1-3H3. The first kappa shape index (κ1) is 12.0. The molecule has 3 N–H and O–H groups in total. The average Bonchev–Trinajstić information content (AvgIpc) is 2.57. The number of aryl methyl sites for hydroxylation is 3. The molecule has 0 fully saturated rings. The summed E-state index contributed by atoms with van der Waals surface area (Å²) in [6.07, 6.45) is 0. The van der Waals surface area contributed by atoms with E-state index in [4.69, 9.17) is 5.73 Å². The smallest absolute Gasteiger partial charge is 0.0494 e. The molecule has 0 aliphatic rings. The van der Waals surface area contributed by atoms with Crippen LogP contribution in [0.1, 0.15) is 20.9 Å². The molecule has 0 aliphatic carbocycles. The summed E-state index contributed by atoms with van der Waals surface area (Å²) >= 11 is 1.86. The Morgan fingerprint density at radius 3 is 2.47 bits per heavy atom. The maximum Gasteiger partial charge on any atom is 0.0494 e. The SMILES string of the molecule is Cc1cc(N)ccc1NCc1cc(C)c(C)s1. The molecule has 0 unspecified atom stereocenters. The highest BCUT2D eigenvalue weighted by atomic mass is 32.1. The van der Waals surface area contributed by atoms with Gasteiger partial charge in [0.2, 0.25) is 0 Å². The summed E-state index contributed by atoms with van der Waals surface area (Å²) in [7, 11) is 0. The van der Waals surface area contributed by atoms with Gasteiger partial charge in [-0.3, -0.25) is 0 Å². The van der Waals surface area contributed by atoms with Crippen molar-refractivity contribution in [1.29, 1.82) is 0 Å². The van der Waals surface area contributed by atoms with E-state index in [1.807, 2.05) is 29.5 Å². The molecule has 2 rings (SSSR count). The van der Waals surface area contributed by atoms with Gasteiger partial charge in [0.25, 0.3) is 0 Å². The number of rotatable bonds is 3. The third kappa shape index (κ3) is 2.80. The third-order valence-electron chi connectivity index (χ3n) is 2.92. The fraction of sp³-hybridized carbons (Fsp3) is 0.286. The lowest BCUT2D eigenvalue weighted by Crippen LogP contribution is -1.99. The molecule has 1 heterocycles. The van der Waals surface area contributed by atoms with E-state index in [1.165, 1.54) is 20.9 Å². The zero-order valence-corrected chi connectivity index (χ0v) is 11.3. The lowest BCUT2D eigenvalue weighted by molar-refractivity contribution is 1.18. The molecule has 0 amide bonds. The molecule has 2 nitrogen and oxygen atoms in total. The van der Waals surface area contributed by atoms with Crippen molar-refractivity contribution in [2.45, 2.75) is 27.3 Å². The quantitative estimate of drug-likeness (QED) is 0.807. The number of hydrogen-bond donors (Lipinski definition) is 2. The molecule has 0 aliphatic heterocycles. The number of anilines is 2. The van der Waals surface area contributed by atoms with Crippen molar-refractivity contribution in [2.75, 3.05) is 11.1 Å². The van der Waals surface area contributed by atoms with Crippen molar-refractivity contribution in [3.8, 4) is 0 Å². The highest BCUT2D eigenvalue weighted by Gasteiger charge is 2.02. The van der Waals surface area contributed by atoms with Crippen molar-refractivity contribution >= 4 is 22.7 Å². The monoisotopic (exact) mass is 246 g/mol. The molecule has 2 aromatic rings. The van der Waals surface area contributed by atoms with Crippen LogP contribution in [0.25, 0.3) is 0 Å². The van der Waals surface area contributed by atoms with Crippen molar-refractivity contribution < 1.29 is 0 Å². The van der Waals surface area contributed by atoms with E-state index in [2.05, 4.69) is 32.2 Å². The van der Waals surface area contributed by atoms with Crippen LogP contribution in [0.2, 0.25) is 0 Å². The highest BCUT2D eigenvalue weighted by molar-refractivity contribution is 7.12. The van der Waals surface area contributed by atoms with Crippen LogP contribution < -0.4 is 11.1 Å². The molecule has 0 atom stereocenters. The fourth-order valence-corrected chi connectivity index (χ4v) is 2.80. The van der Waals surface area contributed by atoms with E-state index in [0.717, 1.165) is 17.9 Å². The molecule has 0 saturated heterocycles. The van der Waals surface area contributed by atoms with E-state index >= 15 is 0 Å². The summed E-state index contributed by atoms with van der Waals surface area (Å²) in [5.41, 5.74) is 10.3. The fourth-order valence-electron chi connectivity index (χ4n) is 1.80. The van der Waals surface area contributed by atoms with Gasteiger partial charge in [-0.25, -0.2) is 0 Å². The van der Waals surface area contributed by atoms with E-state index in [9.17, 15) is 0 Å². The molecule has 17 heavy (non-hydrogen) atoms. The second-order valence-corrected chi connectivity index (χ2v) is 5.72. The lowest BCUT2D eigenvalue weighted by atomic mass is 10.2. The second-order valence-electron chi connectivity index (χ2n) is 4.38. The van der Waals surface area contributed by atoms with Gasteiger partial charge in [-0.05, 0) is 56.2 Å². The zero-order chi connectivity index (χ0) is 12.4. The molecule has 1 aromatic carbocycles. The molecule has 0 bridgehead atoms. The Morgan fingerprint density at radius 2 is 1.88 bits per heavy atom. The van der Waals surface area contributed by atoms with Gasteiger partial charge in [-0.15, -0.1) is 11.3 Å². The van der Waals surface area contributed by atoms with E-state index in [-0.39, 0.29) is 0 Å². The van der Waals surface area contributed by atoms with E-state index in [1.54, 1.807) is 0 Å². The van der Waals surface area contributed by atoms with Gasteiger partial charge in [0.1, 0.15) is 0 Å². The zero-order valence-electron chi connectivity index (χ0n) is 10.5. The van der Waals surface area contributed by atoms with Gasteiger partial charge in [0, 0.05) is 27.7 Å². The van der Waals surface area contributed by atoms with Gasteiger partial charge in [0.05, 0.1) is 0 Å². The van der Waals surface area contributed by atoms with Crippen LogP contribution in [0, 0.1) is 20.8 Å². The minimum absolute atomic E-state index is 0.816. The first-order valence-electron chi connectivity index (χ1n) is 5.72. The van der Waals surface area contributed by atoms with Crippen molar-refractivity contribution in [3.05, 3.63) is 45.1 Å². The van der Waals surface area contributed by atoms with Gasteiger partial charge in [0.15, 0.2) is 0 Å². The predicted octanol–water partition coefficient (Wildman–Crippen LogP) is 3.87. The van der Waals surface area contributed by atoms with Crippen LogP contribution in [-0.2, 0) is 6.54 Å². The van der Waals surface area contributed by atoms with Gasteiger partial charge >= 0.3 is 0 Å². The molecule has 3 heteroatoms. The Morgan fingerprint density at radius 1 is 1.12 bits per heavy atom. The molecule has 1 aromatic heterocycles. The normalized spacial score (nSPS) is 10.5. The molecule has 0 saturated carbocycles. The number of benzene rings is 1. The maximum absolute atomic E-state index is 5.73. The lowest BCUT2D eigenvalue weighted by Gasteiger charge is -2.08. The Hall–Kier alpha value is -1.48. The Bertz CT molecular complexity index is 510. The molecule has 0 spiro atoms. The van der Waals surface area contributed by atoms with Crippen molar-refractivity contribution in [3.63, 3.8) is 0 Å². The number of hydrogen-bond acceptors (Lipinski definition) is 3. The summed E-state index contributed by atoms with van der Waals surface area (Å²) in [5, 5.41) is 3.45. The van der Waals surface area contributed by atoms with Crippen LogP contribution in [0.3, 0.4) is 0 Å². The summed E-state index contributed by atoms with van der Waals surface area (Å²) in [6, 6.07) is 8.21. The maximum atomic E-state index is 5.73. The Kier molecular flexibility index (Phi) is 3.38. The number of thiophene rings is 1. The summed E-state index contributed by atoms with van der Waals surface area (Å²) in [5.74, 6) is 0. The van der Waals surface area contributed by atoms with Crippen LogP contribution in [0.4, 0.5) is 11.4 Å². The van der Waals surface area contributed by atoms with Crippen molar-refractivity contribution in [2.24, 2.45) is 0 Å². The minimum atomic E-state index is 0.816. The second kappa shape index (κ2) is 4.80. The highest BCUT2D eigenvalue weighted by Crippen LogP contribution is 2.23. The first-order valence-corrected chi connectivity index (χ1v) is 6.54. The summed E-state index contributed by atoms with van der Waals surface area (Å²) in [4.78, 5) is 2.77. The van der Waals surface area contributed by atoms with Crippen LogP contribution >= 0.6 is 11.3 Å². The number of nitrogens with two attached hydrogens (primary N) is 1. The van der Waals surface area contributed by atoms with E-state index < -0.39 is 0 Å². The van der Waals surface area contributed by atoms with Gasteiger partial charge in [-0.1, -0.05) is 0 Å². The van der Waals surface area contributed by atoms with Crippen LogP contribution in [0.15, 0.2) is 24.3 Å². The average molecular weight is 246 g/mol. The number of nitrogen functional groups attached to an aromatic ring is 1.